The quantitative estimate of drug-likeness (QED) is 0.599. The lowest BCUT2D eigenvalue weighted by Crippen LogP contribution is -2.38. The Morgan fingerprint density at radius 3 is 2.37 bits per heavy atom. The van der Waals surface area contributed by atoms with E-state index in [4.69, 9.17) is 0 Å². The number of rotatable bonds is 7. The van der Waals surface area contributed by atoms with E-state index in [1.165, 1.54) is 18.7 Å². The molecule has 0 radical (unpaired) electrons. The summed E-state index contributed by atoms with van der Waals surface area (Å²) in [5.74, 6) is 0.194. The van der Waals surface area contributed by atoms with Crippen molar-refractivity contribution in [1.82, 2.24) is 9.13 Å². The lowest BCUT2D eigenvalue weighted by Gasteiger charge is -2.13. The van der Waals surface area contributed by atoms with Gasteiger partial charge in [-0.15, -0.1) is 4.91 Å². The van der Waals surface area contributed by atoms with E-state index >= 15 is 0 Å². The first-order valence-electron chi connectivity index (χ1n) is 6.41. The highest BCUT2D eigenvalue weighted by molar-refractivity contribution is 5.59. The minimum atomic E-state index is -0.672. The Labute approximate surface area is 111 Å². The van der Waals surface area contributed by atoms with Crippen LogP contribution in [0.1, 0.15) is 32.6 Å². The van der Waals surface area contributed by atoms with Crippen molar-refractivity contribution in [2.45, 2.75) is 32.6 Å². The standard InChI is InChI=1S/C12H20N4O3/c1-4-5-6-7-8-13-10-9(14-19)11(17)16(3)12(18)15(10)2/h13H,4-8H2,1-3H3. The molecule has 0 aliphatic carbocycles. The van der Waals surface area contributed by atoms with Gasteiger partial charge in [0, 0.05) is 20.6 Å². The Balaban J connectivity index is 2.97. The lowest BCUT2D eigenvalue weighted by atomic mass is 10.2. The smallest absolute Gasteiger partial charge is 0.332 e. The summed E-state index contributed by atoms with van der Waals surface area (Å²) in [6, 6.07) is 0. The molecule has 7 heteroatoms. The number of hydrogen-bond acceptors (Lipinski definition) is 5. The summed E-state index contributed by atoms with van der Waals surface area (Å²) in [5, 5.41) is 5.70. The maximum atomic E-state index is 11.8. The molecule has 0 atom stereocenters. The fourth-order valence-electron chi connectivity index (χ4n) is 1.87. The Bertz CT molecular complexity index is 559. The van der Waals surface area contributed by atoms with Gasteiger partial charge in [0.05, 0.1) is 0 Å². The molecule has 0 saturated heterocycles. The second-order valence-electron chi connectivity index (χ2n) is 4.48. The lowest BCUT2D eigenvalue weighted by molar-refractivity contribution is 0.668. The SMILES string of the molecule is CCCCCCNc1c(N=O)c(=O)n(C)c(=O)n1C. The third kappa shape index (κ3) is 3.30. The second-order valence-corrected chi connectivity index (χ2v) is 4.48. The van der Waals surface area contributed by atoms with Gasteiger partial charge in [0.2, 0.25) is 5.69 Å². The molecule has 1 aromatic rings. The van der Waals surface area contributed by atoms with Gasteiger partial charge in [0.1, 0.15) is 5.82 Å². The monoisotopic (exact) mass is 268 g/mol. The summed E-state index contributed by atoms with van der Waals surface area (Å²) in [5.41, 5.74) is -1.40. The Kier molecular flexibility index (Phi) is 5.47. The van der Waals surface area contributed by atoms with Crippen molar-refractivity contribution in [2.24, 2.45) is 19.3 Å². The fraction of sp³-hybridized carbons (Fsp3) is 0.667. The molecular formula is C12H20N4O3. The van der Waals surface area contributed by atoms with Gasteiger partial charge in [-0.05, 0) is 11.6 Å². The van der Waals surface area contributed by atoms with Crippen molar-refractivity contribution < 1.29 is 0 Å². The van der Waals surface area contributed by atoms with Gasteiger partial charge in [-0.3, -0.25) is 13.9 Å². The summed E-state index contributed by atoms with van der Waals surface area (Å²) in [6.07, 6.45) is 4.24. The van der Waals surface area contributed by atoms with Crippen molar-refractivity contribution in [2.75, 3.05) is 11.9 Å². The van der Waals surface area contributed by atoms with Crippen molar-refractivity contribution >= 4 is 11.5 Å². The average molecular weight is 268 g/mol. The van der Waals surface area contributed by atoms with Crippen LogP contribution in [0, 0.1) is 4.91 Å². The van der Waals surface area contributed by atoms with Crippen LogP contribution >= 0.6 is 0 Å². The van der Waals surface area contributed by atoms with Gasteiger partial charge < -0.3 is 5.32 Å². The molecule has 0 unspecified atom stereocenters. The third-order valence-electron chi connectivity index (χ3n) is 3.05. The zero-order valence-corrected chi connectivity index (χ0v) is 11.6. The summed E-state index contributed by atoms with van der Waals surface area (Å²) >= 11 is 0. The Hall–Kier alpha value is -1.92. The number of nitrogens with zero attached hydrogens (tertiary/aromatic N) is 3. The predicted octanol–water partition coefficient (Wildman–Crippen LogP) is 1.47. The van der Waals surface area contributed by atoms with Gasteiger partial charge in [0.25, 0.3) is 5.56 Å². The first-order chi connectivity index (χ1) is 9.04. The van der Waals surface area contributed by atoms with E-state index in [9.17, 15) is 14.5 Å². The van der Waals surface area contributed by atoms with Crippen LogP contribution in [0.2, 0.25) is 0 Å². The molecule has 0 bridgehead atoms. The summed E-state index contributed by atoms with van der Waals surface area (Å²) in [6.45, 7) is 2.72. The third-order valence-corrected chi connectivity index (χ3v) is 3.05. The van der Waals surface area contributed by atoms with Gasteiger partial charge in [0.15, 0.2) is 0 Å². The normalized spacial score (nSPS) is 10.5. The molecular weight excluding hydrogens is 248 g/mol. The van der Waals surface area contributed by atoms with E-state index < -0.39 is 11.2 Å². The predicted molar refractivity (Wildman–Crippen MR) is 75.0 cm³/mol. The minimum absolute atomic E-state index is 0.194. The number of hydrogen-bond donors (Lipinski definition) is 1. The van der Waals surface area contributed by atoms with E-state index in [0.717, 1.165) is 30.3 Å². The van der Waals surface area contributed by atoms with E-state index in [2.05, 4.69) is 17.4 Å². The molecule has 1 aromatic heterocycles. The van der Waals surface area contributed by atoms with Crippen LogP contribution in [0.5, 0.6) is 0 Å². The molecule has 7 nitrogen and oxygen atoms in total. The molecule has 0 amide bonds. The van der Waals surface area contributed by atoms with Crippen LogP contribution in [0.15, 0.2) is 14.8 Å². The van der Waals surface area contributed by atoms with E-state index in [-0.39, 0.29) is 11.5 Å². The number of nitrogens with one attached hydrogen (secondary N) is 1. The molecule has 1 rings (SSSR count). The second kappa shape index (κ2) is 6.86. The van der Waals surface area contributed by atoms with Gasteiger partial charge >= 0.3 is 5.69 Å². The van der Waals surface area contributed by atoms with E-state index in [1.807, 2.05) is 0 Å². The summed E-state index contributed by atoms with van der Waals surface area (Å²) in [7, 11) is 2.83. The zero-order chi connectivity index (χ0) is 14.4. The number of nitroso groups, excluding NO2 is 1. The zero-order valence-electron chi connectivity index (χ0n) is 11.6. The van der Waals surface area contributed by atoms with Crippen molar-refractivity contribution in [1.29, 1.82) is 0 Å². The highest BCUT2D eigenvalue weighted by Crippen LogP contribution is 2.17. The number of unbranched alkanes of at least 4 members (excludes halogenated alkanes) is 3. The van der Waals surface area contributed by atoms with Crippen LogP contribution in [0.25, 0.3) is 0 Å². The van der Waals surface area contributed by atoms with E-state index in [1.54, 1.807) is 0 Å². The molecule has 0 aromatic carbocycles. The molecule has 0 spiro atoms. The maximum absolute atomic E-state index is 11.8. The average Bonchev–Trinajstić information content (AvgIpc) is 2.41. The van der Waals surface area contributed by atoms with Crippen LogP contribution < -0.4 is 16.6 Å². The Morgan fingerprint density at radius 1 is 1.11 bits per heavy atom. The molecule has 1 N–H and O–H groups in total. The molecule has 1 heterocycles. The summed E-state index contributed by atoms with van der Waals surface area (Å²) < 4.78 is 2.11. The van der Waals surface area contributed by atoms with Crippen LogP contribution in [-0.2, 0) is 14.1 Å². The molecule has 19 heavy (non-hydrogen) atoms. The van der Waals surface area contributed by atoms with Crippen molar-refractivity contribution in [3.63, 3.8) is 0 Å². The fourth-order valence-corrected chi connectivity index (χ4v) is 1.87. The van der Waals surface area contributed by atoms with Gasteiger partial charge in [-0.1, -0.05) is 26.2 Å². The highest BCUT2D eigenvalue weighted by atomic mass is 16.3. The molecule has 0 aliphatic heterocycles. The molecule has 0 fully saturated rings. The Morgan fingerprint density at radius 2 is 1.79 bits per heavy atom. The first-order valence-corrected chi connectivity index (χ1v) is 6.41. The topological polar surface area (TPSA) is 85.5 Å². The van der Waals surface area contributed by atoms with Gasteiger partial charge in [-0.25, -0.2) is 4.79 Å². The minimum Gasteiger partial charge on any atom is -0.369 e. The van der Waals surface area contributed by atoms with Crippen LogP contribution in [-0.4, -0.2) is 15.7 Å². The van der Waals surface area contributed by atoms with E-state index in [0.29, 0.717) is 6.54 Å². The van der Waals surface area contributed by atoms with Crippen LogP contribution in [0.3, 0.4) is 0 Å². The van der Waals surface area contributed by atoms with Crippen LogP contribution in [0.4, 0.5) is 11.5 Å². The molecule has 0 aliphatic rings. The first kappa shape index (κ1) is 15.1. The maximum Gasteiger partial charge on any atom is 0.332 e. The molecule has 0 saturated carbocycles. The van der Waals surface area contributed by atoms with Gasteiger partial charge in [-0.2, -0.15) is 0 Å². The largest absolute Gasteiger partial charge is 0.369 e. The van der Waals surface area contributed by atoms with Crippen molar-refractivity contribution in [3.8, 4) is 0 Å². The van der Waals surface area contributed by atoms with Crippen molar-refractivity contribution in [3.05, 3.63) is 25.7 Å². The summed E-state index contributed by atoms with van der Waals surface area (Å²) in [4.78, 5) is 34.3. The molecule has 106 valence electrons. The number of anilines is 1. The number of aromatic nitrogens is 2. The highest BCUT2D eigenvalue weighted by Gasteiger charge is 2.15.